The summed E-state index contributed by atoms with van der Waals surface area (Å²) in [5, 5.41) is 8.48. The van der Waals surface area contributed by atoms with Gasteiger partial charge in [0.25, 0.3) is 0 Å². The van der Waals surface area contributed by atoms with E-state index in [-0.39, 0.29) is 6.61 Å². The van der Waals surface area contributed by atoms with Gasteiger partial charge in [-0.05, 0) is 12.8 Å². The highest BCUT2D eigenvalue weighted by atomic mass is 32.2. The number of hydrogen-bond acceptors (Lipinski definition) is 3. The van der Waals surface area contributed by atoms with Crippen molar-refractivity contribution in [3.63, 3.8) is 0 Å². The third kappa shape index (κ3) is 2.90. The molecule has 0 bridgehead atoms. The van der Waals surface area contributed by atoms with Crippen LogP contribution in [-0.2, 0) is 4.74 Å². The highest BCUT2D eigenvalue weighted by Gasteiger charge is 2.14. The summed E-state index contributed by atoms with van der Waals surface area (Å²) in [6, 6.07) is 0. The molecule has 1 rings (SSSR count). The van der Waals surface area contributed by atoms with E-state index in [2.05, 4.69) is 0 Å². The second kappa shape index (κ2) is 4.99. The van der Waals surface area contributed by atoms with Crippen molar-refractivity contribution in [1.82, 2.24) is 0 Å². The van der Waals surface area contributed by atoms with E-state index in [4.69, 9.17) is 9.84 Å². The lowest BCUT2D eigenvalue weighted by Crippen LogP contribution is -2.08. The van der Waals surface area contributed by atoms with E-state index in [0.29, 0.717) is 6.10 Å². The highest BCUT2D eigenvalue weighted by Crippen LogP contribution is 2.16. The molecular formula is C7H14O2S. The van der Waals surface area contributed by atoms with Gasteiger partial charge < -0.3 is 9.84 Å². The van der Waals surface area contributed by atoms with Crippen LogP contribution < -0.4 is 0 Å². The quantitative estimate of drug-likeness (QED) is 0.623. The standard InChI is InChI=1S/C7H14O2S/c8-3-5-10-6-7-2-1-4-9-7/h7-8H,1-6H2. The van der Waals surface area contributed by atoms with Gasteiger partial charge in [0, 0.05) is 18.1 Å². The van der Waals surface area contributed by atoms with E-state index in [1.54, 1.807) is 11.8 Å². The van der Waals surface area contributed by atoms with Crippen molar-refractivity contribution in [3.8, 4) is 0 Å². The van der Waals surface area contributed by atoms with Gasteiger partial charge in [-0.25, -0.2) is 0 Å². The van der Waals surface area contributed by atoms with Crippen LogP contribution in [0, 0.1) is 0 Å². The van der Waals surface area contributed by atoms with Crippen LogP contribution in [0.5, 0.6) is 0 Å². The van der Waals surface area contributed by atoms with Gasteiger partial charge in [-0.2, -0.15) is 11.8 Å². The number of ether oxygens (including phenoxy) is 1. The Kier molecular flexibility index (Phi) is 4.18. The van der Waals surface area contributed by atoms with Crippen LogP contribution in [0.4, 0.5) is 0 Å². The molecule has 1 saturated heterocycles. The fourth-order valence-corrected chi connectivity index (χ4v) is 1.88. The third-order valence-corrected chi connectivity index (χ3v) is 2.64. The minimum atomic E-state index is 0.289. The predicted molar refractivity (Wildman–Crippen MR) is 43.4 cm³/mol. The Hall–Kier alpha value is 0.270. The average Bonchev–Trinajstić information content (AvgIpc) is 2.41. The SMILES string of the molecule is OCCSCC1CCCO1. The van der Waals surface area contributed by atoms with Crippen molar-refractivity contribution >= 4 is 11.8 Å². The molecule has 60 valence electrons. The molecule has 3 heteroatoms. The molecule has 1 atom stereocenters. The van der Waals surface area contributed by atoms with Crippen molar-refractivity contribution in [2.24, 2.45) is 0 Å². The zero-order valence-electron chi connectivity index (χ0n) is 6.08. The first kappa shape index (κ1) is 8.37. The molecule has 1 aliphatic heterocycles. The van der Waals surface area contributed by atoms with Gasteiger partial charge in [-0.3, -0.25) is 0 Å². The predicted octanol–water partition coefficient (Wildman–Crippen LogP) is 0.891. The van der Waals surface area contributed by atoms with Crippen LogP contribution in [0.1, 0.15) is 12.8 Å². The van der Waals surface area contributed by atoms with E-state index < -0.39 is 0 Å². The van der Waals surface area contributed by atoms with E-state index in [1.807, 2.05) is 0 Å². The average molecular weight is 162 g/mol. The molecule has 1 fully saturated rings. The Labute approximate surface area is 66.0 Å². The summed E-state index contributed by atoms with van der Waals surface area (Å²) in [7, 11) is 0. The van der Waals surface area contributed by atoms with Crippen molar-refractivity contribution in [3.05, 3.63) is 0 Å². The molecule has 2 nitrogen and oxygen atoms in total. The fourth-order valence-electron chi connectivity index (χ4n) is 1.06. The number of aliphatic hydroxyl groups excluding tert-OH is 1. The number of hydrogen-bond donors (Lipinski definition) is 1. The topological polar surface area (TPSA) is 29.5 Å². The first-order valence-corrected chi connectivity index (χ1v) is 4.89. The van der Waals surface area contributed by atoms with E-state index >= 15 is 0 Å². The van der Waals surface area contributed by atoms with Crippen molar-refractivity contribution in [2.45, 2.75) is 18.9 Å². The van der Waals surface area contributed by atoms with Crippen LogP contribution in [0.25, 0.3) is 0 Å². The van der Waals surface area contributed by atoms with Crippen molar-refractivity contribution in [2.75, 3.05) is 24.7 Å². The van der Waals surface area contributed by atoms with Gasteiger partial charge in [0.05, 0.1) is 12.7 Å². The summed E-state index contributed by atoms with van der Waals surface area (Å²) in [5.74, 6) is 1.90. The molecular weight excluding hydrogens is 148 g/mol. The summed E-state index contributed by atoms with van der Waals surface area (Å²) >= 11 is 1.78. The molecule has 0 aromatic rings. The smallest absolute Gasteiger partial charge is 0.0666 e. The van der Waals surface area contributed by atoms with Crippen molar-refractivity contribution < 1.29 is 9.84 Å². The van der Waals surface area contributed by atoms with E-state index in [9.17, 15) is 0 Å². The summed E-state index contributed by atoms with van der Waals surface area (Å²) in [5.41, 5.74) is 0. The first-order chi connectivity index (χ1) is 4.93. The number of rotatable bonds is 4. The maximum absolute atomic E-state index is 8.48. The monoisotopic (exact) mass is 162 g/mol. The lowest BCUT2D eigenvalue weighted by molar-refractivity contribution is 0.129. The molecule has 1 heterocycles. The summed E-state index contributed by atoms with van der Waals surface area (Å²) in [6.45, 7) is 1.22. The first-order valence-electron chi connectivity index (χ1n) is 3.73. The Balaban J connectivity index is 1.91. The van der Waals surface area contributed by atoms with Gasteiger partial charge in [-0.15, -0.1) is 0 Å². The molecule has 10 heavy (non-hydrogen) atoms. The Morgan fingerprint density at radius 1 is 1.60 bits per heavy atom. The summed E-state index contributed by atoms with van der Waals surface area (Å²) < 4.78 is 5.40. The molecule has 0 aromatic carbocycles. The maximum Gasteiger partial charge on any atom is 0.0666 e. The molecule has 1 N–H and O–H groups in total. The molecule has 0 aliphatic carbocycles. The van der Waals surface area contributed by atoms with Crippen LogP contribution in [0.2, 0.25) is 0 Å². The molecule has 0 aromatic heterocycles. The fraction of sp³-hybridized carbons (Fsp3) is 1.00. The normalized spacial score (nSPS) is 25.5. The molecule has 0 saturated carbocycles. The Morgan fingerprint density at radius 3 is 3.10 bits per heavy atom. The molecule has 1 unspecified atom stereocenters. The van der Waals surface area contributed by atoms with Gasteiger partial charge >= 0.3 is 0 Å². The van der Waals surface area contributed by atoms with Crippen LogP contribution in [0.15, 0.2) is 0 Å². The molecule has 0 amide bonds. The molecule has 1 aliphatic rings. The number of aliphatic hydroxyl groups is 1. The zero-order chi connectivity index (χ0) is 7.23. The van der Waals surface area contributed by atoms with Crippen LogP contribution >= 0.6 is 11.8 Å². The third-order valence-electron chi connectivity index (χ3n) is 1.56. The second-order valence-electron chi connectivity index (χ2n) is 2.43. The Morgan fingerprint density at radius 2 is 2.50 bits per heavy atom. The van der Waals surface area contributed by atoms with Gasteiger partial charge in [0.15, 0.2) is 0 Å². The highest BCUT2D eigenvalue weighted by molar-refractivity contribution is 7.99. The lowest BCUT2D eigenvalue weighted by Gasteiger charge is -2.06. The zero-order valence-corrected chi connectivity index (χ0v) is 6.90. The molecule has 0 spiro atoms. The van der Waals surface area contributed by atoms with Gasteiger partial charge in [-0.1, -0.05) is 0 Å². The Bertz CT molecular complexity index is 81.7. The summed E-state index contributed by atoms with van der Waals surface area (Å²) in [4.78, 5) is 0. The second-order valence-corrected chi connectivity index (χ2v) is 3.58. The van der Waals surface area contributed by atoms with Gasteiger partial charge in [0.2, 0.25) is 0 Å². The van der Waals surface area contributed by atoms with Gasteiger partial charge in [0.1, 0.15) is 0 Å². The molecule has 0 radical (unpaired) electrons. The van der Waals surface area contributed by atoms with Crippen LogP contribution in [-0.4, -0.2) is 35.9 Å². The maximum atomic E-state index is 8.48. The van der Waals surface area contributed by atoms with Crippen LogP contribution in [0.3, 0.4) is 0 Å². The largest absolute Gasteiger partial charge is 0.396 e. The lowest BCUT2D eigenvalue weighted by atomic mass is 10.3. The summed E-state index contributed by atoms with van der Waals surface area (Å²) in [6.07, 6.45) is 2.89. The minimum Gasteiger partial charge on any atom is -0.396 e. The van der Waals surface area contributed by atoms with E-state index in [1.165, 1.54) is 12.8 Å². The minimum absolute atomic E-state index is 0.289. The van der Waals surface area contributed by atoms with E-state index in [0.717, 1.165) is 18.1 Å². The number of thioether (sulfide) groups is 1. The van der Waals surface area contributed by atoms with Crippen molar-refractivity contribution in [1.29, 1.82) is 0 Å².